The van der Waals surface area contributed by atoms with E-state index in [1.807, 2.05) is 0 Å². The first-order valence-corrected chi connectivity index (χ1v) is 5.65. The van der Waals surface area contributed by atoms with Crippen LogP contribution in [0.5, 0.6) is 0 Å². The molecule has 0 spiro atoms. The summed E-state index contributed by atoms with van der Waals surface area (Å²) in [6, 6.07) is 0. The molecule has 0 aromatic rings. The molecule has 1 rings (SSSR count). The number of hydrogen-bond acceptors (Lipinski definition) is 5. The van der Waals surface area contributed by atoms with Crippen LogP contribution in [-0.2, 0) is 14.3 Å². The number of carbonyl (C=O) groups excluding carboxylic acids is 1. The van der Waals surface area contributed by atoms with Gasteiger partial charge < -0.3 is 19.9 Å². The summed E-state index contributed by atoms with van der Waals surface area (Å²) in [6.07, 6.45) is 2.56. The third kappa shape index (κ3) is 4.92. The molecule has 2 N–H and O–H groups in total. The van der Waals surface area contributed by atoms with Gasteiger partial charge in [-0.1, -0.05) is 0 Å². The van der Waals surface area contributed by atoms with Crippen molar-refractivity contribution in [2.45, 2.75) is 25.4 Å². The molecule has 0 aromatic heterocycles. The van der Waals surface area contributed by atoms with Crippen LogP contribution in [0.1, 0.15) is 19.8 Å². The maximum atomic E-state index is 11.1. The lowest BCUT2D eigenvalue weighted by Gasteiger charge is -2.20. The van der Waals surface area contributed by atoms with Crippen LogP contribution in [-0.4, -0.2) is 50.1 Å². The molecule has 1 atom stereocenters. The second-order valence-corrected chi connectivity index (χ2v) is 4.46. The molecule has 1 aliphatic carbocycles. The standard InChI is InChI=1S/C11H21NO4/c1-11(14,10(13)15-2)8-12-5-6-16-7-9-3-4-9/h9,12,14H,3-8H2,1-2H3. The smallest absolute Gasteiger partial charge is 0.338 e. The first-order chi connectivity index (χ1) is 7.56. The Bertz CT molecular complexity index is 226. The molecule has 0 aromatic carbocycles. The number of aliphatic hydroxyl groups is 1. The molecule has 0 bridgehead atoms. The number of methoxy groups -OCH3 is 1. The number of esters is 1. The van der Waals surface area contributed by atoms with E-state index in [1.54, 1.807) is 0 Å². The Balaban J connectivity index is 1.98. The molecule has 5 nitrogen and oxygen atoms in total. The molecule has 0 amide bonds. The summed E-state index contributed by atoms with van der Waals surface area (Å²) in [5.74, 6) is 0.136. The van der Waals surface area contributed by atoms with Crippen LogP contribution < -0.4 is 5.32 Å². The van der Waals surface area contributed by atoms with Crippen molar-refractivity contribution in [3.8, 4) is 0 Å². The van der Waals surface area contributed by atoms with Crippen LogP contribution in [0.15, 0.2) is 0 Å². The van der Waals surface area contributed by atoms with E-state index >= 15 is 0 Å². The van der Waals surface area contributed by atoms with Gasteiger partial charge in [-0.2, -0.15) is 0 Å². The Labute approximate surface area is 96.1 Å². The van der Waals surface area contributed by atoms with E-state index in [2.05, 4.69) is 10.1 Å². The van der Waals surface area contributed by atoms with Gasteiger partial charge in [0.15, 0.2) is 5.60 Å². The van der Waals surface area contributed by atoms with Crippen molar-refractivity contribution in [1.82, 2.24) is 5.32 Å². The van der Waals surface area contributed by atoms with Crippen molar-refractivity contribution in [3.63, 3.8) is 0 Å². The van der Waals surface area contributed by atoms with Gasteiger partial charge >= 0.3 is 5.97 Å². The lowest BCUT2D eigenvalue weighted by Crippen LogP contribution is -2.46. The van der Waals surface area contributed by atoms with Crippen LogP contribution in [0.4, 0.5) is 0 Å². The van der Waals surface area contributed by atoms with Crippen LogP contribution in [0.3, 0.4) is 0 Å². The molecular weight excluding hydrogens is 210 g/mol. The number of hydrogen-bond donors (Lipinski definition) is 2. The predicted molar refractivity (Wildman–Crippen MR) is 59.1 cm³/mol. The maximum absolute atomic E-state index is 11.1. The molecule has 1 fully saturated rings. The van der Waals surface area contributed by atoms with Gasteiger partial charge in [0.2, 0.25) is 0 Å². The average molecular weight is 231 g/mol. The highest BCUT2D eigenvalue weighted by Crippen LogP contribution is 2.28. The summed E-state index contributed by atoms with van der Waals surface area (Å²) in [4.78, 5) is 11.1. The number of carbonyl (C=O) groups is 1. The van der Waals surface area contributed by atoms with Crippen LogP contribution in [0, 0.1) is 5.92 Å². The van der Waals surface area contributed by atoms with Crippen molar-refractivity contribution >= 4 is 5.97 Å². The fourth-order valence-corrected chi connectivity index (χ4v) is 1.30. The fourth-order valence-electron chi connectivity index (χ4n) is 1.30. The largest absolute Gasteiger partial charge is 0.467 e. The Hall–Kier alpha value is -0.650. The molecular formula is C11H21NO4. The maximum Gasteiger partial charge on any atom is 0.338 e. The molecule has 1 unspecified atom stereocenters. The number of nitrogens with one attached hydrogen (secondary N) is 1. The van der Waals surface area contributed by atoms with Gasteiger partial charge in [-0.25, -0.2) is 4.79 Å². The van der Waals surface area contributed by atoms with E-state index in [1.165, 1.54) is 26.9 Å². The summed E-state index contributed by atoms with van der Waals surface area (Å²) in [6.45, 7) is 3.66. The van der Waals surface area contributed by atoms with E-state index in [-0.39, 0.29) is 6.54 Å². The van der Waals surface area contributed by atoms with Gasteiger partial charge in [0.05, 0.1) is 13.7 Å². The van der Waals surface area contributed by atoms with Crippen LogP contribution in [0.2, 0.25) is 0 Å². The van der Waals surface area contributed by atoms with E-state index in [9.17, 15) is 9.90 Å². The van der Waals surface area contributed by atoms with E-state index < -0.39 is 11.6 Å². The second-order valence-electron chi connectivity index (χ2n) is 4.46. The monoisotopic (exact) mass is 231 g/mol. The zero-order valence-corrected chi connectivity index (χ0v) is 9.99. The highest BCUT2D eigenvalue weighted by molar-refractivity contribution is 5.78. The van der Waals surface area contributed by atoms with Gasteiger partial charge in [0, 0.05) is 19.7 Å². The Morgan fingerprint density at radius 1 is 1.56 bits per heavy atom. The minimum absolute atomic E-state index is 0.173. The Kier molecular flexibility index (Phi) is 5.18. The molecule has 0 heterocycles. The minimum Gasteiger partial charge on any atom is -0.467 e. The highest BCUT2D eigenvalue weighted by Gasteiger charge is 2.30. The van der Waals surface area contributed by atoms with E-state index in [0.717, 1.165) is 12.5 Å². The van der Waals surface area contributed by atoms with Gasteiger partial charge in [0.1, 0.15) is 0 Å². The van der Waals surface area contributed by atoms with Gasteiger partial charge in [0.25, 0.3) is 0 Å². The lowest BCUT2D eigenvalue weighted by molar-refractivity contribution is -0.159. The van der Waals surface area contributed by atoms with Crippen molar-refractivity contribution in [2.75, 3.05) is 33.4 Å². The summed E-state index contributed by atoms with van der Waals surface area (Å²) < 4.78 is 9.87. The Morgan fingerprint density at radius 3 is 2.81 bits per heavy atom. The SMILES string of the molecule is COC(=O)C(C)(O)CNCCOCC1CC1. The zero-order valence-electron chi connectivity index (χ0n) is 9.99. The quantitative estimate of drug-likeness (QED) is 0.452. The third-order valence-electron chi connectivity index (χ3n) is 2.57. The number of rotatable bonds is 8. The van der Waals surface area contributed by atoms with Gasteiger partial charge in [-0.15, -0.1) is 0 Å². The average Bonchev–Trinajstić information content (AvgIpc) is 3.05. The first-order valence-electron chi connectivity index (χ1n) is 5.65. The molecule has 5 heteroatoms. The molecule has 1 saturated carbocycles. The second kappa shape index (κ2) is 6.18. The van der Waals surface area contributed by atoms with Crippen molar-refractivity contribution in [1.29, 1.82) is 0 Å². The normalized spacial score (nSPS) is 19.2. The molecule has 0 radical (unpaired) electrons. The third-order valence-corrected chi connectivity index (χ3v) is 2.57. The van der Waals surface area contributed by atoms with Crippen LogP contribution in [0.25, 0.3) is 0 Å². The molecule has 16 heavy (non-hydrogen) atoms. The summed E-state index contributed by atoms with van der Waals surface area (Å²) in [5, 5.41) is 12.6. The number of ether oxygens (including phenoxy) is 2. The fraction of sp³-hybridized carbons (Fsp3) is 0.909. The van der Waals surface area contributed by atoms with Crippen molar-refractivity contribution in [2.24, 2.45) is 5.92 Å². The van der Waals surface area contributed by atoms with Crippen molar-refractivity contribution < 1.29 is 19.4 Å². The molecule has 94 valence electrons. The lowest BCUT2D eigenvalue weighted by atomic mass is 10.1. The van der Waals surface area contributed by atoms with Gasteiger partial charge in [-0.05, 0) is 25.7 Å². The first kappa shape index (κ1) is 13.4. The summed E-state index contributed by atoms with van der Waals surface area (Å²) in [7, 11) is 1.26. The van der Waals surface area contributed by atoms with Gasteiger partial charge in [-0.3, -0.25) is 0 Å². The predicted octanol–water partition coefficient (Wildman–Crippen LogP) is -0.0734. The molecule has 0 aliphatic heterocycles. The van der Waals surface area contributed by atoms with Crippen molar-refractivity contribution in [3.05, 3.63) is 0 Å². The highest BCUT2D eigenvalue weighted by atomic mass is 16.5. The molecule has 1 aliphatic rings. The minimum atomic E-state index is -1.47. The molecule has 0 saturated heterocycles. The van der Waals surface area contributed by atoms with Crippen LogP contribution >= 0.6 is 0 Å². The topological polar surface area (TPSA) is 67.8 Å². The summed E-state index contributed by atoms with van der Waals surface area (Å²) >= 11 is 0. The Morgan fingerprint density at radius 2 is 2.25 bits per heavy atom. The summed E-state index contributed by atoms with van der Waals surface area (Å²) in [5.41, 5.74) is -1.47. The van der Waals surface area contributed by atoms with E-state index in [0.29, 0.717) is 13.2 Å². The van der Waals surface area contributed by atoms with E-state index in [4.69, 9.17) is 4.74 Å². The zero-order chi connectivity index (χ0) is 12.0.